The molecule has 104 valence electrons. The fourth-order valence-electron chi connectivity index (χ4n) is 2.47. The minimum absolute atomic E-state index is 0.166. The summed E-state index contributed by atoms with van der Waals surface area (Å²) in [5.41, 5.74) is 6.83. The number of rotatable bonds is 4. The Kier molecular flexibility index (Phi) is 3.69. The van der Waals surface area contributed by atoms with Gasteiger partial charge in [0.2, 0.25) is 5.91 Å². The van der Waals surface area contributed by atoms with Crippen LogP contribution in [0.3, 0.4) is 0 Å². The van der Waals surface area contributed by atoms with E-state index in [0.717, 1.165) is 11.0 Å². The molecule has 0 aliphatic carbocycles. The fourth-order valence-corrected chi connectivity index (χ4v) is 2.64. The van der Waals surface area contributed by atoms with Crippen LogP contribution < -0.4 is 5.73 Å². The molecule has 0 fully saturated rings. The third-order valence-electron chi connectivity index (χ3n) is 3.18. The predicted molar refractivity (Wildman–Crippen MR) is 77.1 cm³/mol. The van der Waals surface area contributed by atoms with Crippen LogP contribution in [-0.4, -0.2) is 15.5 Å². The molecule has 6 heteroatoms. The van der Waals surface area contributed by atoms with Crippen LogP contribution >= 0.6 is 11.6 Å². The topological polar surface area (TPSA) is 84.7 Å². The van der Waals surface area contributed by atoms with Crippen LogP contribution in [-0.2, 0) is 16.2 Å². The molecule has 20 heavy (non-hydrogen) atoms. The minimum Gasteiger partial charge on any atom is -0.370 e. The number of nitrogens with zero attached hydrogens (tertiary/aromatic N) is 3. The van der Waals surface area contributed by atoms with Gasteiger partial charge in [0.05, 0.1) is 28.5 Å². The Morgan fingerprint density at radius 2 is 2.25 bits per heavy atom. The van der Waals surface area contributed by atoms with E-state index in [2.05, 4.69) is 11.1 Å². The van der Waals surface area contributed by atoms with Crippen LogP contribution in [0.5, 0.6) is 0 Å². The van der Waals surface area contributed by atoms with E-state index < -0.39 is 11.4 Å². The summed E-state index contributed by atoms with van der Waals surface area (Å²) in [6, 6.07) is 7.34. The summed E-state index contributed by atoms with van der Waals surface area (Å²) in [7, 11) is 0. The molecule has 0 saturated heterocycles. The summed E-state index contributed by atoms with van der Waals surface area (Å²) in [6.07, 6.45) is 0.166. The first-order chi connectivity index (χ1) is 9.39. The number of nitrogens with two attached hydrogens (primary N) is 1. The smallest absolute Gasteiger partial charge is 0.219 e. The Labute approximate surface area is 122 Å². The highest BCUT2D eigenvalue weighted by molar-refractivity contribution is 6.16. The second kappa shape index (κ2) is 5.14. The number of halogens is 1. The van der Waals surface area contributed by atoms with E-state index in [9.17, 15) is 4.79 Å². The number of hydrogen-bond donors (Lipinski definition) is 1. The number of alkyl halides is 1. The number of amides is 1. The predicted octanol–water partition coefficient (Wildman–Crippen LogP) is 2.26. The van der Waals surface area contributed by atoms with Crippen molar-refractivity contribution in [1.29, 1.82) is 5.26 Å². The molecule has 1 aromatic carbocycles. The number of fused-ring (bicyclic) bond motifs is 1. The van der Waals surface area contributed by atoms with Crippen LogP contribution in [0, 0.1) is 11.3 Å². The summed E-state index contributed by atoms with van der Waals surface area (Å²) < 4.78 is 1.89. The molecule has 0 spiro atoms. The zero-order valence-electron chi connectivity index (χ0n) is 11.4. The molecule has 2 N–H and O–H groups in total. The second-order valence-corrected chi connectivity index (χ2v) is 5.54. The summed E-state index contributed by atoms with van der Waals surface area (Å²) in [5, 5.41) is 9.02. The van der Waals surface area contributed by atoms with Crippen molar-refractivity contribution in [3.05, 3.63) is 29.6 Å². The Bertz CT molecular complexity index is 712. The monoisotopic (exact) mass is 290 g/mol. The number of carbonyl (C=O) groups excluding carboxylic acids is 1. The highest BCUT2D eigenvalue weighted by Gasteiger charge is 2.27. The molecule has 0 radical (unpaired) electrons. The zero-order chi connectivity index (χ0) is 14.9. The average molecular weight is 291 g/mol. The maximum absolute atomic E-state index is 11.3. The van der Waals surface area contributed by atoms with Crippen molar-refractivity contribution in [3.63, 3.8) is 0 Å². The van der Waals surface area contributed by atoms with Gasteiger partial charge in [-0.3, -0.25) is 4.79 Å². The minimum atomic E-state index is -0.557. The summed E-state index contributed by atoms with van der Waals surface area (Å²) in [4.78, 5) is 15.7. The Morgan fingerprint density at radius 1 is 1.55 bits per heavy atom. The first kappa shape index (κ1) is 14.4. The first-order valence-corrected chi connectivity index (χ1v) is 6.68. The molecule has 5 nitrogen and oxygen atoms in total. The lowest BCUT2D eigenvalue weighted by Gasteiger charge is -2.28. The third kappa shape index (κ3) is 2.47. The molecule has 0 unspecified atom stereocenters. The molecule has 0 aliphatic rings. The molecule has 0 saturated carbocycles. The summed E-state index contributed by atoms with van der Waals surface area (Å²) in [5.74, 6) is 0.482. The van der Waals surface area contributed by atoms with Gasteiger partial charge in [-0.15, -0.1) is 11.6 Å². The second-order valence-electron chi connectivity index (χ2n) is 5.27. The maximum atomic E-state index is 11.3. The van der Waals surface area contributed by atoms with Crippen molar-refractivity contribution >= 4 is 28.5 Å². The maximum Gasteiger partial charge on any atom is 0.219 e. The molecule has 1 amide bonds. The van der Waals surface area contributed by atoms with Crippen molar-refractivity contribution in [2.24, 2.45) is 5.73 Å². The molecular formula is C14H15ClN4O. The lowest BCUT2D eigenvalue weighted by Crippen LogP contribution is -2.33. The van der Waals surface area contributed by atoms with Crippen LogP contribution in [0.2, 0.25) is 0 Å². The van der Waals surface area contributed by atoms with E-state index in [1.807, 2.05) is 18.4 Å². The molecule has 1 aromatic heterocycles. The van der Waals surface area contributed by atoms with Gasteiger partial charge >= 0.3 is 0 Å². The summed E-state index contributed by atoms with van der Waals surface area (Å²) in [6.45, 7) is 3.79. The number of nitriles is 1. The molecule has 0 bridgehead atoms. The van der Waals surface area contributed by atoms with Crippen molar-refractivity contribution < 1.29 is 4.79 Å². The van der Waals surface area contributed by atoms with Gasteiger partial charge in [-0.25, -0.2) is 4.98 Å². The fraction of sp³-hybridized carbons (Fsp3) is 0.357. The Hall–Kier alpha value is -2.06. The van der Waals surface area contributed by atoms with Crippen molar-refractivity contribution in [1.82, 2.24) is 9.55 Å². The molecule has 0 atom stereocenters. The quantitative estimate of drug-likeness (QED) is 0.876. The SMILES string of the molecule is CC(C)(CC(N)=O)n1c(CCl)nc2ccc(C#N)cc21. The van der Waals surface area contributed by atoms with Crippen LogP contribution in [0.15, 0.2) is 18.2 Å². The van der Waals surface area contributed by atoms with Gasteiger partial charge < -0.3 is 10.3 Å². The molecule has 0 aliphatic heterocycles. The molecule has 1 heterocycles. The largest absolute Gasteiger partial charge is 0.370 e. The van der Waals surface area contributed by atoms with E-state index >= 15 is 0 Å². The van der Waals surface area contributed by atoms with Gasteiger partial charge in [-0.2, -0.15) is 5.26 Å². The van der Waals surface area contributed by atoms with Crippen molar-refractivity contribution in [2.75, 3.05) is 0 Å². The number of hydrogen-bond acceptors (Lipinski definition) is 3. The van der Waals surface area contributed by atoms with Gasteiger partial charge in [0.1, 0.15) is 5.82 Å². The molecular weight excluding hydrogens is 276 g/mol. The number of benzene rings is 1. The van der Waals surface area contributed by atoms with Crippen molar-refractivity contribution in [3.8, 4) is 6.07 Å². The van der Waals surface area contributed by atoms with Gasteiger partial charge in [0.25, 0.3) is 0 Å². The van der Waals surface area contributed by atoms with E-state index in [-0.39, 0.29) is 12.3 Å². The standard InChI is InChI=1S/C14H15ClN4O/c1-14(2,6-12(17)20)19-11-5-9(8-16)3-4-10(11)18-13(19)7-15/h3-5H,6-7H2,1-2H3,(H2,17,20). The molecule has 2 rings (SSSR count). The van der Waals surface area contributed by atoms with Crippen LogP contribution in [0.25, 0.3) is 11.0 Å². The normalized spacial score (nSPS) is 11.5. The number of primary amides is 1. The van der Waals surface area contributed by atoms with Gasteiger partial charge in [0.15, 0.2) is 0 Å². The first-order valence-electron chi connectivity index (χ1n) is 6.15. The Morgan fingerprint density at radius 3 is 2.80 bits per heavy atom. The van der Waals surface area contributed by atoms with E-state index in [4.69, 9.17) is 22.6 Å². The summed E-state index contributed by atoms with van der Waals surface area (Å²) >= 11 is 5.96. The third-order valence-corrected chi connectivity index (χ3v) is 3.42. The van der Waals surface area contributed by atoms with Crippen LogP contribution in [0.1, 0.15) is 31.7 Å². The zero-order valence-corrected chi connectivity index (χ0v) is 12.1. The lowest BCUT2D eigenvalue weighted by molar-refractivity contribution is -0.119. The van der Waals surface area contributed by atoms with Crippen LogP contribution in [0.4, 0.5) is 0 Å². The highest BCUT2D eigenvalue weighted by atomic mass is 35.5. The van der Waals surface area contributed by atoms with Gasteiger partial charge in [-0.05, 0) is 32.0 Å². The number of aromatic nitrogens is 2. The Balaban J connectivity index is 2.72. The van der Waals surface area contributed by atoms with Gasteiger partial charge in [-0.1, -0.05) is 0 Å². The number of carbonyl (C=O) groups is 1. The number of imidazole rings is 1. The average Bonchev–Trinajstić information content (AvgIpc) is 2.75. The highest BCUT2D eigenvalue weighted by Crippen LogP contribution is 2.29. The lowest BCUT2D eigenvalue weighted by atomic mass is 9.99. The van der Waals surface area contributed by atoms with E-state index in [1.54, 1.807) is 18.2 Å². The van der Waals surface area contributed by atoms with E-state index in [1.165, 1.54) is 0 Å². The van der Waals surface area contributed by atoms with Gasteiger partial charge in [0, 0.05) is 12.0 Å². The van der Waals surface area contributed by atoms with Crippen molar-refractivity contribution in [2.45, 2.75) is 31.7 Å². The molecule has 2 aromatic rings. The van der Waals surface area contributed by atoms with E-state index in [0.29, 0.717) is 11.4 Å².